The molecule has 25 heavy (non-hydrogen) atoms. The molecule has 3 rings (SSSR count). The monoisotopic (exact) mass is 345 g/mol. The number of aryl methyl sites for hydroxylation is 2. The van der Waals surface area contributed by atoms with Crippen LogP contribution in [0.5, 0.6) is 0 Å². The molecule has 1 aliphatic heterocycles. The van der Waals surface area contributed by atoms with Gasteiger partial charge in [-0.3, -0.25) is 15.0 Å². The molecule has 1 aromatic carbocycles. The van der Waals surface area contributed by atoms with Crippen LogP contribution in [0, 0.1) is 17.0 Å². The molecule has 1 N–H and O–H groups in total. The van der Waals surface area contributed by atoms with Gasteiger partial charge in [0.15, 0.2) is 0 Å². The molecule has 0 bridgehead atoms. The lowest BCUT2D eigenvalue weighted by molar-refractivity contribution is -0.384. The van der Waals surface area contributed by atoms with Gasteiger partial charge in [0.25, 0.3) is 0 Å². The van der Waals surface area contributed by atoms with E-state index in [0.717, 1.165) is 25.2 Å². The Morgan fingerprint density at radius 1 is 1.32 bits per heavy atom. The molecule has 0 amide bonds. The van der Waals surface area contributed by atoms with Crippen LogP contribution in [0.4, 0.5) is 11.5 Å². The summed E-state index contributed by atoms with van der Waals surface area (Å²) in [6, 6.07) is 9.91. The van der Waals surface area contributed by atoms with Crippen LogP contribution in [-0.4, -0.2) is 52.5 Å². The van der Waals surface area contributed by atoms with Gasteiger partial charge in [0, 0.05) is 26.7 Å². The van der Waals surface area contributed by atoms with Crippen molar-refractivity contribution in [2.45, 2.75) is 13.0 Å². The smallest absolute Gasteiger partial charge is 0.333 e. The molecule has 1 aliphatic rings. The van der Waals surface area contributed by atoms with Crippen molar-refractivity contribution >= 4 is 11.5 Å². The zero-order valence-corrected chi connectivity index (χ0v) is 14.5. The van der Waals surface area contributed by atoms with Gasteiger partial charge in [0.2, 0.25) is 5.82 Å². The fourth-order valence-electron chi connectivity index (χ4n) is 3.15. The number of nitrogens with one attached hydrogen (secondary N) is 1. The SMILES string of the molecule is Cc1nn(C)c(NC(CN2CCOCC2)c2ccccc2)c1[N+](=O)[O-]. The first-order valence-corrected chi connectivity index (χ1v) is 8.36. The highest BCUT2D eigenvalue weighted by Gasteiger charge is 2.27. The summed E-state index contributed by atoms with van der Waals surface area (Å²) < 4.78 is 6.96. The average molecular weight is 345 g/mol. The van der Waals surface area contributed by atoms with E-state index in [9.17, 15) is 10.1 Å². The van der Waals surface area contributed by atoms with Gasteiger partial charge in [-0.05, 0) is 12.5 Å². The third-order valence-corrected chi connectivity index (χ3v) is 4.43. The number of hydrogen-bond acceptors (Lipinski definition) is 6. The van der Waals surface area contributed by atoms with Crippen molar-refractivity contribution in [3.05, 3.63) is 51.7 Å². The highest BCUT2D eigenvalue weighted by atomic mass is 16.6. The zero-order valence-electron chi connectivity index (χ0n) is 14.5. The van der Waals surface area contributed by atoms with Gasteiger partial charge in [0.1, 0.15) is 5.69 Å². The van der Waals surface area contributed by atoms with Crippen LogP contribution in [0.1, 0.15) is 17.3 Å². The van der Waals surface area contributed by atoms with E-state index in [-0.39, 0.29) is 16.7 Å². The Labute approximate surface area is 146 Å². The van der Waals surface area contributed by atoms with Crippen LogP contribution >= 0.6 is 0 Å². The van der Waals surface area contributed by atoms with E-state index in [1.54, 1.807) is 18.7 Å². The van der Waals surface area contributed by atoms with Crippen molar-refractivity contribution in [3.63, 3.8) is 0 Å². The van der Waals surface area contributed by atoms with Gasteiger partial charge >= 0.3 is 5.69 Å². The van der Waals surface area contributed by atoms with Crippen LogP contribution in [0.15, 0.2) is 30.3 Å². The summed E-state index contributed by atoms with van der Waals surface area (Å²) in [4.78, 5) is 13.4. The molecule has 1 atom stereocenters. The third kappa shape index (κ3) is 3.97. The topological polar surface area (TPSA) is 85.5 Å². The minimum absolute atomic E-state index is 0.0328. The molecular weight excluding hydrogens is 322 g/mol. The van der Waals surface area contributed by atoms with Gasteiger partial charge < -0.3 is 10.1 Å². The number of aromatic nitrogens is 2. The second-order valence-electron chi connectivity index (χ2n) is 6.18. The predicted octanol–water partition coefficient (Wildman–Crippen LogP) is 2.12. The maximum Gasteiger partial charge on any atom is 0.333 e. The van der Waals surface area contributed by atoms with Crippen LogP contribution in [0.2, 0.25) is 0 Å². The first kappa shape index (κ1) is 17.4. The van der Waals surface area contributed by atoms with Crippen LogP contribution in [0.25, 0.3) is 0 Å². The molecule has 1 saturated heterocycles. The summed E-state index contributed by atoms with van der Waals surface area (Å²) in [5.41, 5.74) is 1.53. The second kappa shape index (κ2) is 7.62. The number of ether oxygens (including phenoxy) is 1. The van der Waals surface area contributed by atoms with Crippen molar-refractivity contribution in [1.29, 1.82) is 0 Å². The normalized spacial score (nSPS) is 16.6. The number of nitrogens with zero attached hydrogens (tertiary/aromatic N) is 4. The van der Waals surface area contributed by atoms with E-state index in [0.29, 0.717) is 24.7 Å². The standard InChI is InChI=1S/C17H23N5O3/c1-13-16(22(23)24)17(20(2)19-13)18-15(14-6-4-3-5-7-14)12-21-8-10-25-11-9-21/h3-7,15,18H,8-12H2,1-2H3. The van der Waals surface area contributed by atoms with Crippen LogP contribution in [0.3, 0.4) is 0 Å². The van der Waals surface area contributed by atoms with E-state index >= 15 is 0 Å². The lowest BCUT2D eigenvalue weighted by Gasteiger charge is -2.31. The van der Waals surface area contributed by atoms with Crippen molar-refractivity contribution in [2.75, 3.05) is 38.2 Å². The minimum Gasteiger partial charge on any atom is -0.379 e. The summed E-state index contributed by atoms with van der Waals surface area (Å²) in [6.07, 6.45) is 0. The van der Waals surface area contributed by atoms with Crippen molar-refractivity contribution in [1.82, 2.24) is 14.7 Å². The molecule has 0 spiro atoms. The van der Waals surface area contributed by atoms with Crippen LogP contribution in [-0.2, 0) is 11.8 Å². The Balaban J connectivity index is 1.89. The van der Waals surface area contributed by atoms with E-state index in [2.05, 4.69) is 15.3 Å². The summed E-state index contributed by atoms with van der Waals surface area (Å²) in [6.45, 7) is 5.55. The average Bonchev–Trinajstić information content (AvgIpc) is 2.89. The number of morpholine rings is 1. The lowest BCUT2D eigenvalue weighted by Crippen LogP contribution is -2.40. The van der Waals surface area contributed by atoms with Gasteiger partial charge in [-0.2, -0.15) is 5.10 Å². The molecule has 134 valence electrons. The molecule has 1 fully saturated rings. The summed E-state index contributed by atoms with van der Waals surface area (Å²) >= 11 is 0. The molecule has 2 aromatic rings. The fraction of sp³-hybridized carbons (Fsp3) is 0.471. The molecule has 8 nitrogen and oxygen atoms in total. The molecule has 1 unspecified atom stereocenters. The van der Waals surface area contributed by atoms with Crippen molar-refractivity contribution < 1.29 is 9.66 Å². The quantitative estimate of drug-likeness (QED) is 0.638. The Hall–Kier alpha value is -2.45. The van der Waals surface area contributed by atoms with E-state index in [1.165, 1.54) is 0 Å². The first-order chi connectivity index (χ1) is 12.1. The molecular formula is C17H23N5O3. The Morgan fingerprint density at radius 3 is 2.64 bits per heavy atom. The second-order valence-corrected chi connectivity index (χ2v) is 6.18. The Morgan fingerprint density at radius 2 is 2.00 bits per heavy atom. The number of rotatable bonds is 6. The first-order valence-electron chi connectivity index (χ1n) is 8.36. The van der Waals surface area contributed by atoms with Crippen LogP contribution < -0.4 is 5.32 Å². The van der Waals surface area contributed by atoms with E-state index in [4.69, 9.17) is 4.74 Å². The third-order valence-electron chi connectivity index (χ3n) is 4.43. The van der Waals surface area contributed by atoms with Gasteiger partial charge in [0.05, 0.1) is 24.2 Å². The molecule has 1 aromatic heterocycles. The fourth-order valence-corrected chi connectivity index (χ4v) is 3.15. The van der Waals surface area contributed by atoms with Gasteiger partial charge in [-0.25, -0.2) is 4.68 Å². The predicted molar refractivity (Wildman–Crippen MR) is 94.7 cm³/mol. The number of hydrogen-bond donors (Lipinski definition) is 1. The maximum absolute atomic E-state index is 11.4. The number of nitro groups is 1. The summed E-state index contributed by atoms with van der Waals surface area (Å²) in [7, 11) is 1.72. The highest BCUT2D eigenvalue weighted by molar-refractivity contribution is 5.60. The summed E-state index contributed by atoms with van der Waals surface area (Å²) in [5, 5.41) is 19.0. The maximum atomic E-state index is 11.4. The molecule has 8 heteroatoms. The van der Waals surface area contributed by atoms with Crippen molar-refractivity contribution in [2.24, 2.45) is 7.05 Å². The molecule has 0 aliphatic carbocycles. The zero-order chi connectivity index (χ0) is 17.8. The lowest BCUT2D eigenvalue weighted by atomic mass is 10.1. The number of benzene rings is 1. The largest absolute Gasteiger partial charge is 0.379 e. The molecule has 0 radical (unpaired) electrons. The highest BCUT2D eigenvalue weighted by Crippen LogP contribution is 2.31. The minimum atomic E-state index is -0.374. The molecule has 0 saturated carbocycles. The molecule has 2 heterocycles. The van der Waals surface area contributed by atoms with Gasteiger partial charge in [-0.15, -0.1) is 0 Å². The summed E-state index contributed by atoms with van der Waals surface area (Å²) in [5.74, 6) is 0.435. The van der Waals surface area contributed by atoms with E-state index < -0.39 is 0 Å². The Kier molecular flexibility index (Phi) is 5.30. The van der Waals surface area contributed by atoms with Gasteiger partial charge in [-0.1, -0.05) is 30.3 Å². The number of anilines is 1. The van der Waals surface area contributed by atoms with Crippen molar-refractivity contribution in [3.8, 4) is 0 Å². The Bertz CT molecular complexity index is 725. The van der Waals surface area contributed by atoms with E-state index in [1.807, 2.05) is 30.3 Å².